The van der Waals surface area contributed by atoms with E-state index in [1.807, 2.05) is 0 Å². The molecule has 1 N–H and O–H groups in total. The lowest BCUT2D eigenvalue weighted by Crippen LogP contribution is -2.31. The number of rotatable bonds is 5. The SMILES string of the molecule is COCC(Cl)CNC(=O)c1cccc(C(F)(F)F)c1. The number of hydrogen-bond acceptors (Lipinski definition) is 2. The molecule has 19 heavy (non-hydrogen) atoms. The number of carbonyl (C=O) groups excluding carboxylic acids is 1. The first-order chi connectivity index (χ1) is 8.84. The van der Waals surface area contributed by atoms with Crippen molar-refractivity contribution in [2.24, 2.45) is 0 Å². The molecule has 0 aliphatic heterocycles. The molecular formula is C12H13ClF3NO2. The highest BCUT2D eigenvalue weighted by Gasteiger charge is 2.30. The van der Waals surface area contributed by atoms with Crippen LogP contribution in [0.4, 0.5) is 13.2 Å². The minimum absolute atomic E-state index is 0.0592. The zero-order chi connectivity index (χ0) is 14.5. The molecule has 1 amide bonds. The van der Waals surface area contributed by atoms with Crippen molar-refractivity contribution in [1.29, 1.82) is 0 Å². The third kappa shape index (κ3) is 5.08. The van der Waals surface area contributed by atoms with E-state index in [1.54, 1.807) is 0 Å². The molecule has 0 radical (unpaired) electrons. The first-order valence-corrected chi connectivity index (χ1v) is 5.86. The van der Waals surface area contributed by atoms with Crippen LogP contribution in [0.2, 0.25) is 0 Å². The molecule has 0 bridgehead atoms. The molecule has 3 nitrogen and oxygen atoms in total. The maximum atomic E-state index is 12.5. The smallest absolute Gasteiger partial charge is 0.383 e. The highest BCUT2D eigenvalue weighted by atomic mass is 35.5. The third-order valence-electron chi connectivity index (χ3n) is 2.28. The van der Waals surface area contributed by atoms with E-state index < -0.39 is 23.0 Å². The van der Waals surface area contributed by atoms with Crippen LogP contribution in [-0.2, 0) is 10.9 Å². The fourth-order valence-electron chi connectivity index (χ4n) is 1.38. The van der Waals surface area contributed by atoms with Crippen LogP contribution in [0, 0.1) is 0 Å². The Morgan fingerprint density at radius 2 is 2.16 bits per heavy atom. The van der Waals surface area contributed by atoms with Gasteiger partial charge in [0.1, 0.15) is 0 Å². The molecule has 1 rings (SSSR count). The van der Waals surface area contributed by atoms with E-state index in [2.05, 4.69) is 5.32 Å². The molecule has 0 saturated carbocycles. The summed E-state index contributed by atoms with van der Waals surface area (Å²) in [6.07, 6.45) is -4.47. The average molecular weight is 296 g/mol. The summed E-state index contributed by atoms with van der Waals surface area (Å²) in [5.41, 5.74) is -0.921. The van der Waals surface area contributed by atoms with E-state index >= 15 is 0 Å². The fraction of sp³-hybridized carbons (Fsp3) is 0.417. The predicted octanol–water partition coefficient (Wildman–Crippen LogP) is 2.69. The van der Waals surface area contributed by atoms with Gasteiger partial charge in [0.05, 0.1) is 17.5 Å². The van der Waals surface area contributed by atoms with Gasteiger partial charge in [-0.25, -0.2) is 0 Å². The number of nitrogens with one attached hydrogen (secondary N) is 1. The van der Waals surface area contributed by atoms with Crippen LogP contribution in [-0.4, -0.2) is 31.5 Å². The van der Waals surface area contributed by atoms with Crippen LogP contribution < -0.4 is 5.32 Å². The van der Waals surface area contributed by atoms with Gasteiger partial charge in [0.15, 0.2) is 0 Å². The van der Waals surface area contributed by atoms with Crippen molar-refractivity contribution >= 4 is 17.5 Å². The molecule has 7 heteroatoms. The van der Waals surface area contributed by atoms with Gasteiger partial charge in [-0.1, -0.05) is 6.07 Å². The van der Waals surface area contributed by atoms with Crippen LogP contribution in [0.15, 0.2) is 24.3 Å². The summed E-state index contributed by atoms with van der Waals surface area (Å²) in [7, 11) is 1.46. The van der Waals surface area contributed by atoms with E-state index in [-0.39, 0.29) is 18.7 Å². The molecular weight excluding hydrogens is 283 g/mol. The Hall–Kier alpha value is -1.27. The lowest BCUT2D eigenvalue weighted by Gasteiger charge is -2.11. The Balaban J connectivity index is 2.67. The number of amides is 1. The molecule has 1 aromatic carbocycles. The van der Waals surface area contributed by atoms with Crippen molar-refractivity contribution in [3.8, 4) is 0 Å². The Morgan fingerprint density at radius 1 is 1.47 bits per heavy atom. The summed E-state index contributed by atoms with van der Waals surface area (Å²) >= 11 is 5.80. The van der Waals surface area contributed by atoms with Gasteiger partial charge in [0, 0.05) is 19.2 Å². The Morgan fingerprint density at radius 3 is 2.74 bits per heavy atom. The maximum absolute atomic E-state index is 12.5. The van der Waals surface area contributed by atoms with Crippen LogP contribution in [0.1, 0.15) is 15.9 Å². The lowest BCUT2D eigenvalue weighted by atomic mass is 10.1. The van der Waals surface area contributed by atoms with Crippen LogP contribution in [0.25, 0.3) is 0 Å². The van der Waals surface area contributed by atoms with E-state index in [9.17, 15) is 18.0 Å². The number of carbonyl (C=O) groups is 1. The molecule has 0 saturated heterocycles. The topological polar surface area (TPSA) is 38.3 Å². The molecule has 106 valence electrons. The van der Waals surface area contributed by atoms with Gasteiger partial charge in [-0.3, -0.25) is 4.79 Å². The van der Waals surface area contributed by atoms with Crippen molar-refractivity contribution in [1.82, 2.24) is 5.32 Å². The minimum Gasteiger partial charge on any atom is -0.383 e. The largest absolute Gasteiger partial charge is 0.416 e. The zero-order valence-corrected chi connectivity index (χ0v) is 10.9. The van der Waals surface area contributed by atoms with Crippen LogP contribution in [0.5, 0.6) is 0 Å². The van der Waals surface area contributed by atoms with Crippen molar-refractivity contribution in [2.75, 3.05) is 20.3 Å². The summed E-state index contributed by atoms with van der Waals surface area (Å²) in [6.45, 7) is 0.356. The normalized spacial score (nSPS) is 13.1. The number of halogens is 4. The summed E-state index contributed by atoms with van der Waals surface area (Å²) < 4.78 is 42.2. The number of ether oxygens (including phenoxy) is 1. The van der Waals surface area contributed by atoms with E-state index in [4.69, 9.17) is 16.3 Å². The minimum atomic E-state index is -4.47. The summed E-state index contributed by atoms with van der Waals surface area (Å²) in [6, 6.07) is 4.20. The molecule has 0 heterocycles. The second-order valence-corrected chi connectivity index (χ2v) is 4.46. The van der Waals surface area contributed by atoms with Crippen molar-refractivity contribution in [3.63, 3.8) is 0 Å². The van der Waals surface area contributed by atoms with Gasteiger partial charge in [0.2, 0.25) is 0 Å². The quantitative estimate of drug-likeness (QED) is 0.848. The summed E-state index contributed by atoms with van der Waals surface area (Å²) in [5, 5.41) is 2.01. The van der Waals surface area contributed by atoms with E-state index in [0.29, 0.717) is 0 Å². The first kappa shape index (κ1) is 15.8. The monoisotopic (exact) mass is 295 g/mol. The van der Waals surface area contributed by atoms with Crippen molar-refractivity contribution < 1.29 is 22.7 Å². The summed E-state index contributed by atoms with van der Waals surface area (Å²) in [5.74, 6) is -0.604. The Bertz CT molecular complexity index is 437. The first-order valence-electron chi connectivity index (χ1n) is 5.43. The van der Waals surface area contributed by atoms with Crippen LogP contribution in [0.3, 0.4) is 0 Å². The number of hydrogen-bond donors (Lipinski definition) is 1. The highest BCUT2D eigenvalue weighted by Crippen LogP contribution is 2.29. The van der Waals surface area contributed by atoms with Gasteiger partial charge in [-0.15, -0.1) is 11.6 Å². The Kier molecular flexibility index (Phi) is 5.62. The van der Waals surface area contributed by atoms with Crippen molar-refractivity contribution in [3.05, 3.63) is 35.4 Å². The van der Waals surface area contributed by atoms with Gasteiger partial charge in [0.25, 0.3) is 5.91 Å². The van der Waals surface area contributed by atoms with Crippen molar-refractivity contribution in [2.45, 2.75) is 11.6 Å². The molecule has 1 aromatic rings. The highest BCUT2D eigenvalue weighted by molar-refractivity contribution is 6.21. The van der Waals surface area contributed by atoms with Gasteiger partial charge in [-0.05, 0) is 18.2 Å². The number of methoxy groups -OCH3 is 1. The number of benzene rings is 1. The Labute approximate surface area is 113 Å². The number of alkyl halides is 4. The zero-order valence-electron chi connectivity index (χ0n) is 10.1. The maximum Gasteiger partial charge on any atom is 0.416 e. The molecule has 0 aromatic heterocycles. The third-order valence-corrected chi connectivity index (χ3v) is 2.56. The molecule has 0 spiro atoms. The van der Waals surface area contributed by atoms with Crippen LogP contribution >= 0.6 is 11.6 Å². The predicted molar refractivity (Wildman–Crippen MR) is 65.3 cm³/mol. The molecule has 0 fully saturated rings. The van der Waals surface area contributed by atoms with E-state index in [1.165, 1.54) is 19.2 Å². The molecule has 1 unspecified atom stereocenters. The van der Waals surface area contributed by atoms with Gasteiger partial charge >= 0.3 is 6.18 Å². The standard InChI is InChI=1S/C12H13ClF3NO2/c1-19-7-10(13)6-17-11(18)8-3-2-4-9(5-8)12(14,15)16/h2-5,10H,6-7H2,1H3,(H,17,18). The molecule has 1 atom stereocenters. The summed E-state index contributed by atoms with van der Waals surface area (Å²) in [4.78, 5) is 11.7. The average Bonchev–Trinajstić information content (AvgIpc) is 2.35. The van der Waals surface area contributed by atoms with Gasteiger partial charge in [-0.2, -0.15) is 13.2 Å². The van der Waals surface area contributed by atoms with E-state index in [0.717, 1.165) is 12.1 Å². The molecule has 0 aliphatic carbocycles. The fourth-order valence-corrected chi connectivity index (χ4v) is 1.59. The second-order valence-electron chi connectivity index (χ2n) is 3.84. The molecule has 0 aliphatic rings. The van der Waals surface area contributed by atoms with Gasteiger partial charge < -0.3 is 10.1 Å². The lowest BCUT2D eigenvalue weighted by molar-refractivity contribution is -0.137. The second kappa shape index (κ2) is 6.77.